The number of piperidine rings is 1. The molecule has 1 fully saturated rings. The van der Waals surface area contributed by atoms with Gasteiger partial charge in [-0.1, -0.05) is 42.3 Å². The predicted molar refractivity (Wildman–Crippen MR) is 120 cm³/mol. The van der Waals surface area contributed by atoms with Crippen LogP contribution >= 0.6 is 0 Å². The largest absolute Gasteiger partial charge is 0.444 e. The number of ether oxygens (including phenoxy) is 1. The molecule has 0 unspecified atom stereocenters. The maximum atomic E-state index is 13.1. The molecule has 7 heteroatoms. The molecule has 0 spiro atoms. The summed E-state index contributed by atoms with van der Waals surface area (Å²) in [5.74, 6) is 0. The van der Waals surface area contributed by atoms with Crippen LogP contribution < -0.4 is 4.90 Å². The highest BCUT2D eigenvalue weighted by molar-refractivity contribution is 7.93. The van der Waals surface area contributed by atoms with Crippen LogP contribution in [0.5, 0.6) is 0 Å². The number of cyclic esters (lactones) is 1. The minimum absolute atomic E-state index is 0.0644. The molecule has 2 heterocycles. The van der Waals surface area contributed by atoms with Crippen LogP contribution in [-0.4, -0.2) is 37.9 Å². The zero-order valence-electron chi connectivity index (χ0n) is 18.3. The molecule has 0 atom stereocenters. The van der Waals surface area contributed by atoms with Gasteiger partial charge in [-0.3, -0.25) is 4.90 Å². The van der Waals surface area contributed by atoms with Crippen LogP contribution in [0.15, 0.2) is 40.8 Å². The van der Waals surface area contributed by atoms with E-state index in [1.807, 2.05) is 58.0 Å². The third-order valence-electron chi connectivity index (χ3n) is 5.72. The normalized spacial score (nSPS) is 18.7. The van der Waals surface area contributed by atoms with Crippen LogP contribution in [-0.2, 0) is 21.4 Å². The maximum Gasteiger partial charge on any atom is 0.414 e. The molecule has 30 heavy (non-hydrogen) atoms. The minimum Gasteiger partial charge on any atom is -0.444 e. The van der Waals surface area contributed by atoms with Gasteiger partial charge in [-0.05, 0) is 52.5 Å². The molecule has 6 nitrogen and oxygen atoms in total. The first-order valence-electron chi connectivity index (χ1n) is 10.6. The smallest absolute Gasteiger partial charge is 0.414 e. The zero-order chi connectivity index (χ0) is 21.9. The van der Waals surface area contributed by atoms with Gasteiger partial charge in [0.2, 0.25) is 10.0 Å². The third-order valence-corrected chi connectivity index (χ3v) is 7.89. The van der Waals surface area contributed by atoms with Crippen molar-refractivity contribution in [3.63, 3.8) is 0 Å². The number of hydrogen-bond acceptors (Lipinski definition) is 4. The average Bonchev–Trinajstić information content (AvgIpc) is 2.71. The molecule has 0 saturated carbocycles. The van der Waals surface area contributed by atoms with Crippen LogP contribution in [0, 0.1) is 6.92 Å². The van der Waals surface area contributed by atoms with E-state index in [9.17, 15) is 13.2 Å². The van der Waals surface area contributed by atoms with Crippen molar-refractivity contribution >= 4 is 21.8 Å². The lowest BCUT2D eigenvalue weighted by Crippen LogP contribution is -2.50. The van der Waals surface area contributed by atoms with Crippen molar-refractivity contribution in [1.29, 1.82) is 0 Å². The summed E-state index contributed by atoms with van der Waals surface area (Å²) in [7, 11) is -3.48. The van der Waals surface area contributed by atoms with E-state index in [0.717, 1.165) is 16.8 Å². The second kappa shape index (κ2) is 9.35. The zero-order valence-corrected chi connectivity index (χ0v) is 19.2. The highest BCUT2D eigenvalue weighted by Crippen LogP contribution is 2.33. The fraction of sp³-hybridized carbons (Fsp3) is 0.522. The topological polar surface area (TPSA) is 66.9 Å². The van der Waals surface area contributed by atoms with Gasteiger partial charge < -0.3 is 4.74 Å². The van der Waals surface area contributed by atoms with Crippen molar-refractivity contribution in [3.8, 4) is 0 Å². The Morgan fingerprint density at radius 2 is 1.90 bits per heavy atom. The number of aryl methyl sites for hydroxylation is 1. The minimum atomic E-state index is -3.48. The maximum absolute atomic E-state index is 13.1. The van der Waals surface area contributed by atoms with Crippen LogP contribution in [0.2, 0.25) is 0 Å². The fourth-order valence-corrected chi connectivity index (χ4v) is 5.78. The summed E-state index contributed by atoms with van der Waals surface area (Å²) in [6.45, 7) is 8.99. The van der Waals surface area contributed by atoms with E-state index in [0.29, 0.717) is 43.7 Å². The lowest BCUT2D eigenvalue weighted by molar-refractivity contribution is 0.136. The number of amides is 1. The van der Waals surface area contributed by atoms with E-state index in [-0.39, 0.29) is 18.7 Å². The summed E-state index contributed by atoms with van der Waals surface area (Å²) < 4.78 is 33.2. The Labute approximate surface area is 180 Å². The van der Waals surface area contributed by atoms with Crippen molar-refractivity contribution in [3.05, 3.63) is 52.0 Å². The summed E-state index contributed by atoms with van der Waals surface area (Å²) in [4.78, 5) is 14.7. The molecule has 2 aliphatic rings. The number of benzene rings is 1. The quantitative estimate of drug-likeness (QED) is 0.600. The number of anilines is 1. The van der Waals surface area contributed by atoms with Gasteiger partial charge in [0.1, 0.15) is 6.61 Å². The van der Waals surface area contributed by atoms with Crippen molar-refractivity contribution in [1.82, 2.24) is 4.31 Å². The summed E-state index contributed by atoms with van der Waals surface area (Å²) in [6.07, 6.45) is 5.77. The molecule has 1 aromatic rings. The Morgan fingerprint density at radius 1 is 1.20 bits per heavy atom. The first-order chi connectivity index (χ1) is 14.2. The van der Waals surface area contributed by atoms with Crippen LogP contribution in [0.25, 0.3) is 0 Å². The Hall–Kier alpha value is -2.12. The summed E-state index contributed by atoms with van der Waals surface area (Å²) in [5.41, 5.74) is 4.18. The second-order valence-corrected chi connectivity index (χ2v) is 10.2. The van der Waals surface area contributed by atoms with Crippen LogP contribution in [0.4, 0.5) is 10.5 Å². The highest BCUT2D eigenvalue weighted by Gasteiger charge is 2.37. The Morgan fingerprint density at radius 3 is 2.53 bits per heavy atom. The van der Waals surface area contributed by atoms with E-state index in [2.05, 4.69) is 0 Å². The van der Waals surface area contributed by atoms with E-state index in [1.54, 1.807) is 9.21 Å². The predicted octanol–water partition coefficient (Wildman–Crippen LogP) is 4.90. The molecule has 164 valence electrons. The standard InChI is InChI=1S/C23H32N2O4S/c1-5-21(8-6-7-17(2)3)30(27,28)24-13-11-20(12-14-24)25-22-10-9-18(4)15-19(22)16-29-23(25)26/h7-10,15,20H,5-6,11-14,16H2,1-4H3/b21-8+. The molecule has 0 aliphatic carbocycles. The number of carbonyl (C=O) groups excluding carboxylic acids is 1. The van der Waals surface area contributed by atoms with Crippen LogP contribution in [0.3, 0.4) is 0 Å². The first-order valence-corrected chi connectivity index (χ1v) is 12.1. The number of rotatable bonds is 6. The molecule has 2 aliphatic heterocycles. The van der Waals surface area contributed by atoms with Gasteiger partial charge in [0.05, 0.1) is 10.6 Å². The van der Waals surface area contributed by atoms with Crippen LogP contribution in [0.1, 0.15) is 57.6 Å². The Kier molecular flexibility index (Phi) is 7.03. The Bertz CT molecular complexity index is 953. The van der Waals surface area contributed by atoms with E-state index < -0.39 is 10.0 Å². The summed E-state index contributed by atoms with van der Waals surface area (Å²) in [6, 6.07) is 5.94. The number of allylic oxidation sites excluding steroid dienone is 4. The number of carbonyl (C=O) groups is 1. The highest BCUT2D eigenvalue weighted by atomic mass is 32.2. The number of fused-ring (bicyclic) bond motifs is 1. The molecule has 1 amide bonds. The van der Waals surface area contributed by atoms with Gasteiger partial charge in [0, 0.05) is 24.7 Å². The van der Waals surface area contributed by atoms with Gasteiger partial charge in [-0.2, -0.15) is 4.31 Å². The molecular formula is C23H32N2O4S. The van der Waals surface area contributed by atoms with Gasteiger partial charge in [-0.25, -0.2) is 13.2 Å². The second-order valence-electron chi connectivity index (χ2n) is 8.23. The average molecular weight is 433 g/mol. The first kappa shape index (κ1) is 22.6. The monoisotopic (exact) mass is 432 g/mol. The summed E-state index contributed by atoms with van der Waals surface area (Å²) in [5, 5.41) is 0. The van der Waals surface area contributed by atoms with Crippen molar-refractivity contribution in [2.45, 2.75) is 66.0 Å². The summed E-state index contributed by atoms with van der Waals surface area (Å²) >= 11 is 0. The van der Waals surface area contributed by atoms with E-state index >= 15 is 0 Å². The molecule has 1 aromatic carbocycles. The van der Waals surface area contributed by atoms with E-state index in [4.69, 9.17) is 4.74 Å². The van der Waals surface area contributed by atoms with Gasteiger partial charge in [0.25, 0.3) is 0 Å². The number of hydrogen-bond donors (Lipinski definition) is 0. The number of sulfonamides is 1. The fourth-order valence-electron chi connectivity index (χ4n) is 4.08. The molecular weight excluding hydrogens is 400 g/mol. The van der Waals surface area contributed by atoms with Crippen molar-refractivity contribution in [2.24, 2.45) is 0 Å². The molecule has 3 rings (SSSR count). The molecule has 0 aromatic heterocycles. The van der Waals surface area contributed by atoms with E-state index in [1.165, 1.54) is 5.57 Å². The number of nitrogens with zero attached hydrogens (tertiary/aromatic N) is 2. The molecule has 0 radical (unpaired) electrons. The van der Waals surface area contributed by atoms with Crippen molar-refractivity contribution < 1.29 is 17.9 Å². The SMILES string of the molecule is CC/C(=C\CC=C(C)C)S(=O)(=O)N1CCC(N2C(=O)OCc3cc(C)ccc32)CC1. The van der Waals surface area contributed by atoms with Gasteiger partial charge in [0.15, 0.2) is 0 Å². The molecule has 0 bridgehead atoms. The molecule has 1 saturated heterocycles. The van der Waals surface area contributed by atoms with Gasteiger partial charge >= 0.3 is 6.09 Å². The Balaban J connectivity index is 1.73. The molecule has 0 N–H and O–H groups in total. The lowest BCUT2D eigenvalue weighted by atomic mass is 10.0. The van der Waals surface area contributed by atoms with Crippen molar-refractivity contribution in [2.75, 3.05) is 18.0 Å². The van der Waals surface area contributed by atoms with Gasteiger partial charge in [-0.15, -0.1) is 0 Å². The lowest BCUT2D eigenvalue weighted by Gasteiger charge is -2.40. The third kappa shape index (κ3) is 4.78.